The van der Waals surface area contributed by atoms with Crippen molar-refractivity contribution in [2.75, 3.05) is 7.11 Å². The molecule has 0 aliphatic heterocycles. The molecule has 0 saturated carbocycles. The highest BCUT2D eigenvalue weighted by Crippen LogP contribution is 2.19. The smallest absolute Gasteiger partial charge is 0.216 e. The van der Waals surface area contributed by atoms with Crippen LogP contribution in [-0.4, -0.2) is 22.9 Å². The summed E-state index contributed by atoms with van der Waals surface area (Å²) in [4.78, 5) is 20.0. The second kappa shape index (κ2) is 5.14. The fourth-order valence-electron chi connectivity index (χ4n) is 1.91. The molecule has 1 aromatic carbocycles. The first-order valence-electron chi connectivity index (χ1n) is 5.70. The minimum Gasteiger partial charge on any atom is -0.481 e. The SMILES string of the molecule is COc1cc(C(=O)c2c(C)cc(C)cc2F)ncn1. The van der Waals surface area contributed by atoms with Gasteiger partial charge in [0.25, 0.3) is 0 Å². The van der Waals surface area contributed by atoms with Gasteiger partial charge in [-0.25, -0.2) is 14.4 Å². The topological polar surface area (TPSA) is 52.1 Å². The van der Waals surface area contributed by atoms with E-state index in [2.05, 4.69) is 9.97 Å². The van der Waals surface area contributed by atoms with Crippen LogP contribution in [0.4, 0.5) is 4.39 Å². The van der Waals surface area contributed by atoms with Crippen molar-refractivity contribution in [1.29, 1.82) is 0 Å². The van der Waals surface area contributed by atoms with Gasteiger partial charge < -0.3 is 4.74 Å². The maximum Gasteiger partial charge on any atom is 0.216 e. The van der Waals surface area contributed by atoms with Gasteiger partial charge in [0.1, 0.15) is 17.8 Å². The summed E-state index contributed by atoms with van der Waals surface area (Å²) >= 11 is 0. The number of rotatable bonds is 3. The molecule has 98 valence electrons. The Balaban J connectivity index is 2.50. The summed E-state index contributed by atoms with van der Waals surface area (Å²) in [5.41, 5.74) is 1.50. The van der Waals surface area contributed by atoms with E-state index in [1.807, 2.05) is 0 Å². The summed E-state index contributed by atoms with van der Waals surface area (Å²) < 4.78 is 18.9. The highest BCUT2D eigenvalue weighted by Gasteiger charge is 2.19. The molecule has 0 amide bonds. The van der Waals surface area contributed by atoms with Crippen LogP contribution in [-0.2, 0) is 0 Å². The van der Waals surface area contributed by atoms with Crippen LogP contribution in [0.3, 0.4) is 0 Å². The van der Waals surface area contributed by atoms with E-state index >= 15 is 0 Å². The normalized spacial score (nSPS) is 10.3. The number of aryl methyl sites for hydroxylation is 2. The molecule has 0 radical (unpaired) electrons. The van der Waals surface area contributed by atoms with Gasteiger partial charge in [0.15, 0.2) is 0 Å². The first-order valence-corrected chi connectivity index (χ1v) is 5.70. The monoisotopic (exact) mass is 260 g/mol. The Labute approximate surface area is 110 Å². The molecule has 1 heterocycles. The van der Waals surface area contributed by atoms with Gasteiger partial charge in [-0.15, -0.1) is 0 Å². The van der Waals surface area contributed by atoms with E-state index in [4.69, 9.17) is 4.74 Å². The molecule has 0 fully saturated rings. The van der Waals surface area contributed by atoms with Crippen molar-refractivity contribution in [3.8, 4) is 5.88 Å². The fourth-order valence-corrected chi connectivity index (χ4v) is 1.91. The molecule has 1 aromatic heterocycles. The standard InChI is InChI=1S/C14H13FN2O2/c1-8-4-9(2)13(10(15)5-8)14(18)11-6-12(19-3)17-7-16-11/h4-7H,1-3H3. The molecule has 0 saturated heterocycles. The largest absolute Gasteiger partial charge is 0.481 e. The number of carbonyl (C=O) groups excluding carboxylic acids is 1. The lowest BCUT2D eigenvalue weighted by molar-refractivity contribution is 0.102. The van der Waals surface area contributed by atoms with Crippen molar-refractivity contribution in [3.63, 3.8) is 0 Å². The Kier molecular flexibility index (Phi) is 3.55. The van der Waals surface area contributed by atoms with Crippen LogP contribution in [0.15, 0.2) is 24.5 Å². The zero-order chi connectivity index (χ0) is 14.0. The lowest BCUT2D eigenvalue weighted by Crippen LogP contribution is -2.10. The van der Waals surface area contributed by atoms with E-state index < -0.39 is 11.6 Å². The van der Waals surface area contributed by atoms with Gasteiger partial charge in [0, 0.05) is 6.07 Å². The van der Waals surface area contributed by atoms with E-state index in [0.29, 0.717) is 5.56 Å². The number of ketones is 1. The van der Waals surface area contributed by atoms with Crippen molar-refractivity contribution >= 4 is 5.78 Å². The summed E-state index contributed by atoms with van der Waals surface area (Å²) in [5, 5.41) is 0. The number of hydrogen-bond acceptors (Lipinski definition) is 4. The summed E-state index contributed by atoms with van der Waals surface area (Å²) in [6.07, 6.45) is 1.22. The van der Waals surface area contributed by atoms with Crippen molar-refractivity contribution in [3.05, 3.63) is 52.7 Å². The van der Waals surface area contributed by atoms with E-state index in [-0.39, 0.29) is 17.1 Å². The Hall–Kier alpha value is -2.30. The Morgan fingerprint density at radius 2 is 1.95 bits per heavy atom. The van der Waals surface area contributed by atoms with Crippen molar-refractivity contribution < 1.29 is 13.9 Å². The molecule has 0 spiro atoms. The van der Waals surface area contributed by atoms with Crippen LogP contribution in [0, 0.1) is 19.7 Å². The zero-order valence-electron chi connectivity index (χ0n) is 10.9. The summed E-state index contributed by atoms with van der Waals surface area (Å²) in [5.74, 6) is -0.751. The average Bonchev–Trinajstić information content (AvgIpc) is 2.37. The molecule has 4 nitrogen and oxygen atoms in total. The maximum atomic E-state index is 13.9. The zero-order valence-corrected chi connectivity index (χ0v) is 10.9. The number of carbonyl (C=O) groups is 1. The van der Waals surface area contributed by atoms with Crippen LogP contribution >= 0.6 is 0 Å². The third-order valence-electron chi connectivity index (χ3n) is 2.74. The summed E-state index contributed by atoms with van der Waals surface area (Å²) in [6.45, 7) is 3.47. The number of aromatic nitrogens is 2. The van der Waals surface area contributed by atoms with Gasteiger partial charge in [-0.05, 0) is 31.0 Å². The Morgan fingerprint density at radius 1 is 1.21 bits per heavy atom. The molecule has 0 unspecified atom stereocenters. The van der Waals surface area contributed by atoms with Crippen LogP contribution in [0.2, 0.25) is 0 Å². The third kappa shape index (κ3) is 2.59. The second-order valence-corrected chi connectivity index (χ2v) is 4.21. The van der Waals surface area contributed by atoms with E-state index in [9.17, 15) is 9.18 Å². The van der Waals surface area contributed by atoms with Crippen molar-refractivity contribution in [2.24, 2.45) is 0 Å². The predicted octanol–water partition coefficient (Wildman–Crippen LogP) is 2.47. The Bertz CT molecular complexity index is 618. The number of halogens is 1. The Morgan fingerprint density at radius 3 is 2.58 bits per heavy atom. The molecular formula is C14H13FN2O2. The minimum atomic E-state index is -0.542. The number of nitrogens with zero attached hydrogens (tertiary/aromatic N) is 2. The molecule has 2 rings (SSSR count). The van der Waals surface area contributed by atoms with Crippen molar-refractivity contribution in [1.82, 2.24) is 9.97 Å². The van der Waals surface area contributed by atoms with E-state index in [1.165, 1.54) is 25.6 Å². The van der Waals surface area contributed by atoms with Crippen LogP contribution < -0.4 is 4.74 Å². The van der Waals surface area contributed by atoms with E-state index in [1.54, 1.807) is 19.9 Å². The third-order valence-corrected chi connectivity index (χ3v) is 2.74. The van der Waals surface area contributed by atoms with E-state index in [0.717, 1.165) is 5.56 Å². The first-order chi connectivity index (χ1) is 9.02. The molecule has 2 aromatic rings. The quantitative estimate of drug-likeness (QED) is 0.795. The maximum absolute atomic E-state index is 13.9. The van der Waals surface area contributed by atoms with Crippen LogP contribution in [0.25, 0.3) is 0 Å². The minimum absolute atomic E-state index is 0.0337. The fraction of sp³-hybridized carbons (Fsp3) is 0.214. The lowest BCUT2D eigenvalue weighted by Gasteiger charge is -2.08. The molecule has 0 atom stereocenters. The molecule has 0 bridgehead atoms. The number of methoxy groups -OCH3 is 1. The van der Waals surface area contributed by atoms with Gasteiger partial charge in [0.05, 0.1) is 12.7 Å². The highest BCUT2D eigenvalue weighted by atomic mass is 19.1. The number of benzene rings is 1. The molecule has 5 heteroatoms. The van der Waals surface area contributed by atoms with Crippen LogP contribution in [0.1, 0.15) is 27.2 Å². The first kappa shape index (κ1) is 13.1. The summed E-state index contributed by atoms with van der Waals surface area (Å²) in [6, 6.07) is 4.48. The number of hydrogen-bond donors (Lipinski definition) is 0. The lowest BCUT2D eigenvalue weighted by atomic mass is 9.99. The highest BCUT2D eigenvalue weighted by molar-refractivity contribution is 6.08. The second-order valence-electron chi connectivity index (χ2n) is 4.21. The van der Waals surface area contributed by atoms with Gasteiger partial charge in [-0.2, -0.15) is 0 Å². The van der Waals surface area contributed by atoms with Gasteiger partial charge >= 0.3 is 0 Å². The number of ether oxygens (including phenoxy) is 1. The van der Waals surface area contributed by atoms with Crippen LogP contribution in [0.5, 0.6) is 5.88 Å². The molecule has 0 N–H and O–H groups in total. The van der Waals surface area contributed by atoms with Crippen molar-refractivity contribution in [2.45, 2.75) is 13.8 Å². The predicted molar refractivity (Wildman–Crippen MR) is 67.9 cm³/mol. The molecule has 0 aliphatic rings. The van der Waals surface area contributed by atoms with Gasteiger partial charge in [0.2, 0.25) is 11.7 Å². The van der Waals surface area contributed by atoms with Gasteiger partial charge in [-0.3, -0.25) is 4.79 Å². The molecule has 19 heavy (non-hydrogen) atoms. The van der Waals surface area contributed by atoms with Gasteiger partial charge in [-0.1, -0.05) is 6.07 Å². The summed E-state index contributed by atoms with van der Waals surface area (Å²) in [7, 11) is 1.44. The molecule has 0 aliphatic carbocycles. The average molecular weight is 260 g/mol. The molecular weight excluding hydrogens is 247 g/mol.